The van der Waals surface area contributed by atoms with Gasteiger partial charge >= 0.3 is 0 Å². The average Bonchev–Trinajstić information content (AvgIpc) is 2.89. The van der Waals surface area contributed by atoms with Gasteiger partial charge in [-0.1, -0.05) is 24.3 Å². The van der Waals surface area contributed by atoms with Crippen LogP contribution < -0.4 is 15.4 Å². The van der Waals surface area contributed by atoms with Crippen LogP contribution in [0.3, 0.4) is 0 Å². The van der Waals surface area contributed by atoms with Crippen LogP contribution in [0.2, 0.25) is 0 Å². The summed E-state index contributed by atoms with van der Waals surface area (Å²) in [4.78, 5) is 37.9. The van der Waals surface area contributed by atoms with Crippen molar-refractivity contribution in [1.82, 2.24) is 4.31 Å². The van der Waals surface area contributed by atoms with Crippen molar-refractivity contribution in [3.63, 3.8) is 0 Å². The highest BCUT2D eigenvalue weighted by molar-refractivity contribution is 7.90. The van der Waals surface area contributed by atoms with Crippen LogP contribution in [0, 0.1) is 0 Å². The van der Waals surface area contributed by atoms with Gasteiger partial charge in [0.1, 0.15) is 17.2 Å². The fourth-order valence-electron chi connectivity index (χ4n) is 3.05. The van der Waals surface area contributed by atoms with Crippen molar-refractivity contribution in [3.8, 4) is 5.75 Å². The second-order valence-corrected chi connectivity index (χ2v) is 8.08. The molecule has 3 rings (SSSR count). The molecule has 1 aliphatic heterocycles. The normalized spacial score (nSPS) is 14.4. The number of anilines is 1. The number of carbonyl (C=O) groups is 3. The zero-order valence-electron chi connectivity index (χ0n) is 15.6. The topological polar surface area (TPSA) is 127 Å². The number of carbonyl (C=O) groups excluding carboxylic acids is 3. The predicted octanol–water partition coefficient (Wildman–Crippen LogP) is 0.748. The van der Waals surface area contributed by atoms with Gasteiger partial charge in [-0.15, -0.1) is 0 Å². The zero-order valence-corrected chi connectivity index (χ0v) is 16.4. The van der Waals surface area contributed by atoms with E-state index >= 15 is 0 Å². The maximum atomic E-state index is 13.0. The van der Waals surface area contributed by atoms with Crippen molar-refractivity contribution in [3.05, 3.63) is 54.1 Å². The van der Waals surface area contributed by atoms with Crippen LogP contribution in [0.15, 0.2) is 53.4 Å². The molecule has 152 valence electrons. The van der Waals surface area contributed by atoms with Crippen LogP contribution in [0.4, 0.5) is 5.69 Å². The first kappa shape index (κ1) is 20.3. The summed E-state index contributed by atoms with van der Waals surface area (Å²) in [6.07, 6.45) is -0.148. The van der Waals surface area contributed by atoms with Crippen LogP contribution in [0.25, 0.3) is 0 Å². The second-order valence-electron chi connectivity index (χ2n) is 6.25. The van der Waals surface area contributed by atoms with Crippen molar-refractivity contribution in [1.29, 1.82) is 0 Å². The van der Waals surface area contributed by atoms with Gasteiger partial charge in [0.2, 0.25) is 11.8 Å². The molecular weight excluding hydrogens is 398 g/mol. The number of primary amides is 1. The SMILES string of the molecule is COc1ccccc1N(CCC(N)=O)C(=O)CN1C(=O)c2ccccc2S1(=O)=O. The minimum absolute atomic E-state index is 0.0151. The van der Waals surface area contributed by atoms with Crippen LogP contribution in [0.5, 0.6) is 5.75 Å². The number of para-hydroxylation sites is 2. The summed E-state index contributed by atoms with van der Waals surface area (Å²) in [6.45, 7) is -0.809. The Morgan fingerprint density at radius 1 is 1.10 bits per heavy atom. The second kappa shape index (κ2) is 7.92. The quantitative estimate of drug-likeness (QED) is 0.708. The molecule has 0 unspecified atom stereocenters. The first-order valence-electron chi connectivity index (χ1n) is 8.65. The van der Waals surface area contributed by atoms with Crippen LogP contribution in [0.1, 0.15) is 16.8 Å². The Hall–Kier alpha value is -3.40. The van der Waals surface area contributed by atoms with E-state index in [1.54, 1.807) is 30.3 Å². The van der Waals surface area contributed by atoms with E-state index in [4.69, 9.17) is 10.5 Å². The van der Waals surface area contributed by atoms with E-state index in [2.05, 4.69) is 0 Å². The molecule has 10 heteroatoms. The third kappa shape index (κ3) is 3.79. The molecule has 0 spiro atoms. The van der Waals surface area contributed by atoms with E-state index < -0.39 is 34.3 Å². The lowest BCUT2D eigenvalue weighted by molar-refractivity contribution is -0.119. The summed E-state index contributed by atoms with van der Waals surface area (Å²) in [5.41, 5.74) is 5.56. The van der Waals surface area contributed by atoms with Gasteiger partial charge in [0, 0.05) is 13.0 Å². The van der Waals surface area contributed by atoms with Gasteiger partial charge in [0.15, 0.2) is 0 Å². The van der Waals surface area contributed by atoms with E-state index in [1.807, 2.05) is 0 Å². The fourth-order valence-corrected chi connectivity index (χ4v) is 4.57. The summed E-state index contributed by atoms with van der Waals surface area (Å²) in [5.74, 6) is -1.75. The minimum atomic E-state index is -4.14. The number of amides is 3. The van der Waals surface area contributed by atoms with Crippen LogP contribution in [-0.2, 0) is 19.6 Å². The Morgan fingerprint density at radius 3 is 2.41 bits per heavy atom. The lowest BCUT2D eigenvalue weighted by atomic mass is 10.2. The van der Waals surface area contributed by atoms with Gasteiger partial charge < -0.3 is 15.4 Å². The van der Waals surface area contributed by atoms with Crippen molar-refractivity contribution < 1.29 is 27.5 Å². The number of hydrogen-bond donors (Lipinski definition) is 1. The van der Waals surface area contributed by atoms with Crippen molar-refractivity contribution in [2.75, 3.05) is 25.1 Å². The summed E-state index contributed by atoms with van der Waals surface area (Å²) in [5, 5.41) is 0. The molecule has 0 saturated carbocycles. The van der Waals surface area contributed by atoms with Crippen molar-refractivity contribution in [2.45, 2.75) is 11.3 Å². The lowest BCUT2D eigenvalue weighted by Gasteiger charge is -2.26. The minimum Gasteiger partial charge on any atom is -0.495 e. The highest BCUT2D eigenvalue weighted by Gasteiger charge is 2.42. The highest BCUT2D eigenvalue weighted by Crippen LogP contribution is 2.31. The Morgan fingerprint density at radius 2 is 1.76 bits per heavy atom. The molecule has 0 saturated heterocycles. The van der Waals surface area contributed by atoms with Crippen LogP contribution >= 0.6 is 0 Å². The number of sulfonamides is 1. The number of ether oxygens (including phenoxy) is 1. The molecule has 0 atom stereocenters. The molecule has 1 aliphatic rings. The number of rotatable bonds is 7. The Kier molecular flexibility index (Phi) is 5.55. The zero-order chi connectivity index (χ0) is 21.2. The third-order valence-electron chi connectivity index (χ3n) is 4.45. The molecule has 1 heterocycles. The van der Waals surface area contributed by atoms with E-state index in [0.29, 0.717) is 15.7 Å². The van der Waals surface area contributed by atoms with Crippen molar-refractivity contribution in [2.24, 2.45) is 5.73 Å². The number of benzene rings is 2. The molecule has 2 aromatic carbocycles. The van der Waals surface area contributed by atoms with Crippen LogP contribution in [-0.4, -0.2) is 50.6 Å². The van der Waals surface area contributed by atoms with Gasteiger partial charge in [0.25, 0.3) is 15.9 Å². The molecule has 0 bridgehead atoms. The molecule has 0 fully saturated rings. The molecule has 0 aromatic heterocycles. The molecule has 3 amide bonds. The number of hydrogen-bond acceptors (Lipinski definition) is 6. The maximum Gasteiger partial charge on any atom is 0.269 e. The number of nitrogens with zero attached hydrogens (tertiary/aromatic N) is 2. The van der Waals surface area contributed by atoms with E-state index in [-0.39, 0.29) is 23.4 Å². The average molecular weight is 417 g/mol. The molecule has 0 aliphatic carbocycles. The van der Waals surface area contributed by atoms with E-state index in [9.17, 15) is 22.8 Å². The summed E-state index contributed by atoms with van der Waals surface area (Å²) >= 11 is 0. The van der Waals surface area contributed by atoms with Gasteiger partial charge in [-0.05, 0) is 24.3 Å². The smallest absolute Gasteiger partial charge is 0.269 e. The summed E-state index contributed by atoms with van der Waals surface area (Å²) in [7, 11) is -2.72. The highest BCUT2D eigenvalue weighted by atomic mass is 32.2. The number of methoxy groups -OCH3 is 1. The van der Waals surface area contributed by atoms with E-state index in [1.165, 1.54) is 30.2 Å². The first-order chi connectivity index (χ1) is 13.8. The molecule has 2 aromatic rings. The largest absolute Gasteiger partial charge is 0.495 e. The standard InChI is InChI=1S/C19H19N3O6S/c1-28-15-8-4-3-7-14(15)21(11-10-17(20)23)18(24)12-22-19(25)13-6-2-5-9-16(13)29(22,26)27/h2-9H,10-12H2,1H3,(H2,20,23). The van der Waals surface area contributed by atoms with Gasteiger partial charge in [-0.2, -0.15) is 0 Å². The lowest BCUT2D eigenvalue weighted by Crippen LogP contribution is -2.44. The van der Waals surface area contributed by atoms with Gasteiger partial charge in [-0.3, -0.25) is 14.4 Å². The third-order valence-corrected chi connectivity index (χ3v) is 6.24. The number of fused-ring (bicyclic) bond motifs is 1. The predicted molar refractivity (Wildman–Crippen MR) is 104 cm³/mol. The maximum absolute atomic E-state index is 13.0. The molecular formula is C19H19N3O6S. The molecule has 9 nitrogen and oxygen atoms in total. The number of nitrogens with two attached hydrogens (primary N) is 1. The van der Waals surface area contributed by atoms with E-state index in [0.717, 1.165) is 0 Å². The Bertz CT molecular complexity index is 1080. The Balaban J connectivity index is 1.93. The fraction of sp³-hybridized carbons (Fsp3) is 0.211. The Labute approximate surface area is 167 Å². The molecule has 2 N–H and O–H groups in total. The van der Waals surface area contributed by atoms with Crippen molar-refractivity contribution >= 4 is 33.4 Å². The summed E-state index contributed by atoms with van der Waals surface area (Å²) in [6, 6.07) is 12.3. The molecule has 0 radical (unpaired) electrons. The monoisotopic (exact) mass is 417 g/mol. The van der Waals surface area contributed by atoms with Gasteiger partial charge in [-0.25, -0.2) is 12.7 Å². The molecule has 29 heavy (non-hydrogen) atoms. The first-order valence-corrected chi connectivity index (χ1v) is 10.1. The van der Waals surface area contributed by atoms with Gasteiger partial charge in [0.05, 0.1) is 18.4 Å². The summed E-state index contributed by atoms with van der Waals surface area (Å²) < 4.78 is 31.2.